The van der Waals surface area contributed by atoms with Crippen molar-refractivity contribution >= 4 is 14.9 Å². The Morgan fingerprint density at radius 2 is 1.35 bits per heavy atom. The predicted molar refractivity (Wildman–Crippen MR) is 187 cm³/mol. The Kier molecular flexibility index (Phi) is 11.9. The van der Waals surface area contributed by atoms with Gasteiger partial charge in [0.25, 0.3) is 0 Å². The summed E-state index contributed by atoms with van der Waals surface area (Å²) in [5.74, 6) is 0.518. The second-order valence-electron chi connectivity index (χ2n) is 15.2. The molecule has 0 radical (unpaired) electrons. The van der Waals surface area contributed by atoms with Crippen molar-refractivity contribution in [2.24, 2.45) is 11.3 Å². The molecule has 4 aliphatic rings. The number of allylic oxidation sites excluding steroid dienone is 8. The number of hydrogen-bond acceptors (Lipinski definition) is 0. The van der Waals surface area contributed by atoms with E-state index in [2.05, 4.69) is 153 Å². The van der Waals surface area contributed by atoms with Gasteiger partial charge < -0.3 is 24.8 Å². The van der Waals surface area contributed by atoms with E-state index in [-0.39, 0.29) is 35.6 Å². The van der Waals surface area contributed by atoms with Crippen LogP contribution in [0.1, 0.15) is 115 Å². The van der Waals surface area contributed by atoms with E-state index < -0.39 is 0 Å². The van der Waals surface area contributed by atoms with Crippen LogP contribution < -0.4 is 24.8 Å². The Balaban J connectivity index is 0.000000229. The van der Waals surface area contributed by atoms with Gasteiger partial charge in [-0.15, -0.1) is 11.6 Å². The van der Waals surface area contributed by atoms with E-state index >= 15 is 0 Å². The van der Waals surface area contributed by atoms with Crippen LogP contribution in [0, 0.1) is 23.5 Å². The molecule has 3 aromatic rings. The summed E-state index contributed by atoms with van der Waals surface area (Å²) in [6.07, 6.45) is 12.8. The summed E-state index contributed by atoms with van der Waals surface area (Å²) < 4.78 is 2.17. The molecule has 0 bridgehead atoms. The Labute approximate surface area is 306 Å². The molecule has 3 aromatic carbocycles. The molecule has 0 spiro atoms. The molecule has 4 aliphatic carbocycles. The topological polar surface area (TPSA) is 0 Å². The predicted octanol–water partition coefficient (Wildman–Crippen LogP) is 5.20. The minimum atomic E-state index is 0. The van der Waals surface area contributed by atoms with Gasteiger partial charge in [0.2, 0.25) is 0 Å². The van der Waals surface area contributed by atoms with Crippen molar-refractivity contribution in [3.05, 3.63) is 129 Å². The van der Waals surface area contributed by atoms with E-state index in [0.29, 0.717) is 11.3 Å². The van der Waals surface area contributed by atoms with Gasteiger partial charge in [-0.05, 0) is 58.4 Å². The van der Waals surface area contributed by atoms with Crippen LogP contribution in [0.4, 0.5) is 0 Å². The van der Waals surface area contributed by atoms with Crippen LogP contribution in [-0.4, -0.2) is 3.71 Å². The third kappa shape index (κ3) is 7.64. The molecule has 0 saturated heterocycles. The van der Waals surface area contributed by atoms with Crippen molar-refractivity contribution in [3.8, 4) is 11.1 Å². The SMILES string of the molecule is CC1=[C-]C(C)(C)c2cc3c(cc21)-c1cc2c(cc1C3)C(C)(C)C=C2C.CC1=[C-]C(C)C=C1C(C)(C)C.[Cl-].[Cl-].[Zr+2]=[CH]c1ccccc1. The molecule has 0 amide bonds. The monoisotopic (exact) mass is 724 g/mol. The van der Waals surface area contributed by atoms with Crippen LogP contribution in [0.15, 0.2) is 77.9 Å². The van der Waals surface area contributed by atoms with Crippen molar-refractivity contribution in [3.63, 3.8) is 0 Å². The summed E-state index contributed by atoms with van der Waals surface area (Å²) in [5.41, 5.74) is 19.0. The van der Waals surface area contributed by atoms with Gasteiger partial charge >= 0.3 is 63.8 Å². The van der Waals surface area contributed by atoms with Crippen molar-refractivity contribution < 1.29 is 49.0 Å². The standard InChI is InChI=1S/C25H25.C11H17.C7H6.2ClH.Zr/c1-14-12-24(3,4)22-8-16-7-17-9-23-19(15(2)13-25(23,5)6)11-21(17)20(16)10-18(14)22;1-8-6-9(2)10(7-8)11(3,4)5;1-7-5-3-2-4-6-7;;;/h8-12H,7H2,1-6H3;7-8H,1-5H3;1-6H;2*1H;/q2*-1;;;;+2/p-2. The fourth-order valence-corrected chi connectivity index (χ4v) is 7.95. The third-order valence-electron chi connectivity index (χ3n) is 9.47. The summed E-state index contributed by atoms with van der Waals surface area (Å²) >= 11 is 1.46. The Morgan fingerprint density at radius 1 is 0.783 bits per heavy atom. The molecule has 7 rings (SSSR count). The maximum absolute atomic E-state index is 3.65. The van der Waals surface area contributed by atoms with E-state index in [1.165, 1.54) is 96.6 Å². The van der Waals surface area contributed by atoms with Crippen LogP contribution >= 0.6 is 0 Å². The molecular weight excluding hydrogens is 679 g/mol. The van der Waals surface area contributed by atoms with E-state index in [1.807, 2.05) is 6.07 Å². The zero-order valence-corrected chi connectivity index (χ0v) is 33.4. The average Bonchev–Trinajstić information content (AvgIpc) is 3.62. The molecule has 1 atom stereocenters. The summed E-state index contributed by atoms with van der Waals surface area (Å²) in [7, 11) is 0. The summed E-state index contributed by atoms with van der Waals surface area (Å²) in [5, 5.41) is 0. The summed E-state index contributed by atoms with van der Waals surface area (Å²) in [6, 6.07) is 20.2. The van der Waals surface area contributed by atoms with Crippen molar-refractivity contribution in [2.75, 3.05) is 0 Å². The molecule has 0 N–H and O–H groups in total. The van der Waals surface area contributed by atoms with Crippen molar-refractivity contribution in [1.82, 2.24) is 0 Å². The van der Waals surface area contributed by atoms with Gasteiger partial charge in [0.15, 0.2) is 0 Å². The van der Waals surface area contributed by atoms with E-state index in [0.717, 1.165) is 6.42 Å². The first-order chi connectivity index (χ1) is 20.5. The Hall–Kier alpha value is -2.05. The number of hydrogen-bond donors (Lipinski definition) is 0. The number of rotatable bonds is 1. The number of fused-ring (bicyclic) bond motifs is 5. The minimum absolute atomic E-state index is 0. The zero-order chi connectivity index (χ0) is 32.2. The molecule has 3 heteroatoms. The molecule has 0 heterocycles. The molecule has 0 fully saturated rings. The quantitative estimate of drug-likeness (QED) is 0.237. The summed E-state index contributed by atoms with van der Waals surface area (Å²) in [4.78, 5) is 0. The zero-order valence-electron chi connectivity index (χ0n) is 29.5. The Bertz CT molecular complexity index is 1670. The van der Waals surface area contributed by atoms with E-state index in [4.69, 9.17) is 0 Å². The molecule has 0 saturated carbocycles. The molecule has 0 aromatic heterocycles. The molecule has 46 heavy (non-hydrogen) atoms. The van der Waals surface area contributed by atoms with Crippen LogP contribution in [0.25, 0.3) is 22.3 Å². The molecule has 240 valence electrons. The van der Waals surface area contributed by atoms with Crippen LogP contribution in [0.3, 0.4) is 0 Å². The molecule has 0 aliphatic heterocycles. The van der Waals surface area contributed by atoms with Gasteiger partial charge in [-0.3, -0.25) is 12.2 Å². The van der Waals surface area contributed by atoms with Gasteiger partial charge in [0, 0.05) is 5.41 Å². The first kappa shape index (κ1) is 38.4. The normalized spacial score (nSPS) is 18.7. The molecule has 0 nitrogen and oxygen atoms in total. The number of halogens is 2. The fourth-order valence-electron chi connectivity index (χ4n) is 7.47. The average molecular weight is 727 g/mol. The van der Waals surface area contributed by atoms with Gasteiger partial charge in [-0.1, -0.05) is 104 Å². The molecule has 1 unspecified atom stereocenters. The first-order valence-electron chi connectivity index (χ1n) is 16.1. The van der Waals surface area contributed by atoms with E-state index in [9.17, 15) is 0 Å². The van der Waals surface area contributed by atoms with Crippen LogP contribution in [-0.2, 0) is 41.5 Å². The van der Waals surface area contributed by atoms with Gasteiger partial charge in [-0.25, -0.2) is 11.1 Å². The molecular formula is C43H48Cl2Zr-2. The first-order valence-corrected chi connectivity index (χ1v) is 17.5. The van der Waals surface area contributed by atoms with Crippen molar-refractivity contribution in [2.45, 2.75) is 93.4 Å². The number of benzene rings is 3. The van der Waals surface area contributed by atoms with Gasteiger partial charge in [0.05, 0.1) is 0 Å². The third-order valence-corrected chi connectivity index (χ3v) is 10.3. The van der Waals surface area contributed by atoms with E-state index in [1.54, 1.807) is 0 Å². The second-order valence-corrected chi connectivity index (χ2v) is 15.9. The van der Waals surface area contributed by atoms with Crippen LogP contribution in [0.5, 0.6) is 0 Å². The fraction of sp³-hybridized carbons (Fsp3) is 0.372. The van der Waals surface area contributed by atoms with Crippen molar-refractivity contribution in [1.29, 1.82) is 0 Å². The summed E-state index contributed by atoms with van der Waals surface area (Å²) in [6.45, 7) is 24.8. The second kappa shape index (κ2) is 14.2. The Morgan fingerprint density at radius 3 is 1.83 bits per heavy atom. The van der Waals surface area contributed by atoms with Crippen LogP contribution in [0.2, 0.25) is 0 Å². The van der Waals surface area contributed by atoms with Gasteiger partial charge in [0.1, 0.15) is 0 Å². The van der Waals surface area contributed by atoms with Gasteiger partial charge in [-0.2, -0.15) is 17.2 Å². The maximum atomic E-state index is 3.65.